The van der Waals surface area contributed by atoms with Crippen molar-refractivity contribution in [3.8, 4) is 0 Å². The molecule has 0 bridgehead atoms. The Labute approximate surface area is 88.4 Å². The van der Waals surface area contributed by atoms with Crippen LogP contribution in [0.15, 0.2) is 37.5 Å². The van der Waals surface area contributed by atoms with E-state index in [1.54, 1.807) is 0 Å². The molecule has 1 rings (SSSR count). The maximum absolute atomic E-state index is 4.15. The van der Waals surface area contributed by atoms with Gasteiger partial charge in [0.1, 0.15) is 0 Å². The topological polar surface area (TPSA) is 0 Å². The highest BCUT2D eigenvalue weighted by atomic mass is 14.3. The molecule has 1 aliphatic rings. The van der Waals surface area contributed by atoms with Gasteiger partial charge >= 0.3 is 0 Å². The summed E-state index contributed by atoms with van der Waals surface area (Å²) in [6.45, 7) is 11.7. The highest BCUT2D eigenvalue weighted by Gasteiger charge is 2.21. The van der Waals surface area contributed by atoms with Gasteiger partial charge in [-0.3, -0.25) is 0 Å². The summed E-state index contributed by atoms with van der Waals surface area (Å²) in [5, 5.41) is 0. The maximum atomic E-state index is 4.15. The average Bonchev–Trinajstić information content (AvgIpc) is 2.20. The summed E-state index contributed by atoms with van der Waals surface area (Å²) in [6.07, 6.45) is 11.6. The molecule has 0 unspecified atom stereocenters. The first-order valence-electron chi connectivity index (χ1n) is 5.67. The monoisotopic (exact) mass is 190 g/mol. The van der Waals surface area contributed by atoms with Crippen LogP contribution in [0.3, 0.4) is 0 Å². The predicted molar refractivity (Wildman–Crippen MR) is 64.2 cm³/mol. The molecular weight excluding hydrogens is 168 g/mol. The third-order valence-corrected chi connectivity index (χ3v) is 3.33. The van der Waals surface area contributed by atoms with Gasteiger partial charge in [-0.2, -0.15) is 0 Å². The minimum Gasteiger partial charge on any atom is -0.103 e. The Bertz CT molecular complexity index is 204. The van der Waals surface area contributed by atoms with Crippen molar-refractivity contribution in [3.05, 3.63) is 37.5 Å². The summed E-state index contributed by atoms with van der Waals surface area (Å²) in [5.74, 6) is 1.65. The Kier molecular flexibility index (Phi) is 4.72. The summed E-state index contributed by atoms with van der Waals surface area (Å²) in [4.78, 5) is 0. The molecule has 0 heterocycles. The van der Waals surface area contributed by atoms with Gasteiger partial charge in [-0.15, -0.1) is 13.2 Å². The lowest BCUT2D eigenvalue weighted by Crippen LogP contribution is -2.15. The van der Waals surface area contributed by atoms with Gasteiger partial charge in [0, 0.05) is 0 Å². The normalized spacial score (nSPS) is 26.9. The molecule has 1 saturated carbocycles. The Morgan fingerprint density at radius 2 is 1.71 bits per heavy atom. The van der Waals surface area contributed by atoms with Crippen LogP contribution in [0.1, 0.15) is 38.5 Å². The Balaban J connectivity index is 2.31. The quantitative estimate of drug-likeness (QED) is 0.560. The van der Waals surface area contributed by atoms with Crippen LogP contribution in [-0.2, 0) is 0 Å². The van der Waals surface area contributed by atoms with Crippen LogP contribution < -0.4 is 0 Å². The van der Waals surface area contributed by atoms with Crippen molar-refractivity contribution >= 4 is 0 Å². The van der Waals surface area contributed by atoms with Gasteiger partial charge in [-0.25, -0.2) is 0 Å². The molecule has 0 amide bonds. The molecule has 0 heteroatoms. The van der Waals surface area contributed by atoms with Gasteiger partial charge in [0.15, 0.2) is 0 Å². The van der Waals surface area contributed by atoms with Gasteiger partial charge in [0.2, 0.25) is 0 Å². The fourth-order valence-electron chi connectivity index (χ4n) is 2.39. The number of hydrogen-bond acceptors (Lipinski definition) is 0. The molecule has 0 radical (unpaired) electrons. The fourth-order valence-corrected chi connectivity index (χ4v) is 2.39. The van der Waals surface area contributed by atoms with Crippen LogP contribution in [0.2, 0.25) is 0 Å². The lowest BCUT2D eigenvalue weighted by atomic mass is 9.77. The molecule has 78 valence electrons. The van der Waals surface area contributed by atoms with Gasteiger partial charge in [0.25, 0.3) is 0 Å². The zero-order chi connectivity index (χ0) is 10.4. The Morgan fingerprint density at radius 3 is 2.21 bits per heavy atom. The van der Waals surface area contributed by atoms with Crippen LogP contribution >= 0.6 is 0 Å². The second kappa shape index (κ2) is 5.85. The van der Waals surface area contributed by atoms with Crippen molar-refractivity contribution in [1.29, 1.82) is 0 Å². The van der Waals surface area contributed by atoms with Crippen molar-refractivity contribution in [3.63, 3.8) is 0 Å². The van der Waals surface area contributed by atoms with Crippen LogP contribution in [0.25, 0.3) is 0 Å². The third-order valence-electron chi connectivity index (χ3n) is 3.33. The zero-order valence-electron chi connectivity index (χ0n) is 9.17. The van der Waals surface area contributed by atoms with E-state index in [9.17, 15) is 0 Å². The predicted octanol–water partition coefficient (Wildman–Crippen LogP) is 4.50. The first-order chi connectivity index (χ1) is 6.77. The molecule has 0 atom stereocenters. The molecule has 1 aliphatic carbocycles. The van der Waals surface area contributed by atoms with Crippen LogP contribution in [0.4, 0.5) is 0 Å². The van der Waals surface area contributed by atoms with E-state index in [1.165, 1.54) is 37.7 Å². The summed E-state index contributed by atoms with van der Waals surface area (Å²) in [6, 6.07) is 0. The largest absolute Gasteiger partial charge is 0.103 e. The van der Waals surface area contributed by atoms with Crippen LogP contribution in [0.5, 0.6) is 0 Å². The summed E-state index contributed by atoms with van der Waals surface area (Å²) < 4.78 is 0. The van der Waals surface area contributed by atoms with Crippen molar-refractivity contribution in [1.82, 2.24) is 0 Å². The molecule has 14 heavy (non-hydrogen) atoms. The molecular formula is C14H22. The standard InChI is InChI=1S/C14H22/c1-4-6-12(3)14-10-8-13(7-5-2)9-11-14/h4-5,13-14H,1-3,6-11H2. The van der Waals surface area contributed by atoms with E-state index < -0.39 is 0 Å². The molecule has 0 aromatic rings. The highest BCUT2D eigenvalue weighted by Crippen LogP contribution is 2.35. The smallest absolute Gasteiger partial charge is 0.0141 e. The minimum atomic E-state index is 0.758. The van der Waals surface area contributed by atoms with Crippen LogP contribution in [0, 0.1) is 11.8 Å². The van der Waals surface area contributed by atoms with E-state index in [2.05, 4.69) is 25.8 Å². The first-order valence-corrected chi connectivity index (χ1v) is 5.67. The fraction of sp³-hybridized carbons (Fsp3) is 0.571. The van der Waals surface area contributed by atoms with E-state index in [4.69, 9.17) is 0 Å². The van der Waals surface area contributed by atoms with Crippen molar-refractivity contribution in [2.75, 3.05) is 0 Å². The van der Waals surface area contributed by atoms with Gasteiger partial charge in [-0.05, 0) is 50.4 Å². The van der Waals surface area contributed by atoms with Crippen molar-refractivity contribution in [2.24, 2.45) is 11.8 Å². The number of allylic oxidation sites excluding steroid dienone is 3. The molecule has 0 aromatic carbocycles. The molecule has 0 N–H and O–H groups in total. The lowest BCUT2D eigenvalue weighted by Gasteiger charge is -2.28. The summed E-state index contributed by atoms with van der Waals surface area (Å²) in [5.41, 5.74) is 1.39. The molecule has 0 spiro atoms. The van der Waals surface area contributed by atoms with E-state index in [0.717, 1.165) is 18.3 Å². The average molecular weight is 190 g/mol. The molecule has 0 aliphatic heterocycles. The van der Waals surface area contributed by atoms with E-state index in [1.807, 2.05) is 6.08 Å². The third kappa shape index (κ3) is 3.17. The molecule has 0 nitrogen and oxygen atoms in total. The second-order valence-electron chi connectivity index (χ2n) is 4.39. The van der Waals surface area contributed by atoms with E-state index >= 15 is 0 Å². The zero-order valence-corrected chi connectivity index (χ0v) is 9.17. The Hall–Kier alpha value is -0.780. The summed E-state index contributed by atoms with van der Waals surface area (Å²) >= 11 is 0. The van der Waals surface area contributed by atoms with E-state index in [-0.39, 0.29) is 0 Å². The van der Waals surface area contributed by atoms with Crippen molar-refractivity contribution in [2.45, 2.75) is 38.5 Å². The minimum absolute atomic E-state index is 0.758. The maximum Gasteiger partial charge on any atom is -0.0141 e. The number of hydrogen-bond donors (Lipinski definition) is 0. The second-order valence-corrected chi connectivity index (χ2v) is 4.39. The SMILES string of the molecule is C=CCC(=C)C1CCC(CC=C)CC1. The van der Waals surface area contributed by atoms with Gasteiger partial charge in [-0.1, -0.05) is 24.3 Å². The van der Waals surface area contributed by atoms with Crippen LogP contribution in [-0.4, -0.2) is 0 Å². The van der Waals surface area contributed by atoms with Crippen molar-refractivity contribution < 1.29 is 0 Å². The van der Waals surface area contributed by atoms with Gasteiger partial charge < -0.3 is 0 Å². The Morgan fingerprint density at radius 1 is 1.07 bits per heavy atom. The number of rotatable bonds is 5. The van der Waals surface area contributed by atoms with E-state index in [0.29, 0.717) is 0 Å². The lowest BCUT2D eigenvalue weighted by molar-refractivity contribution is 0.302. The first kappa shape index (κ1) is 11.3. The highest BCUT2D eigenvalue weighted by molar-refractivity contribution is 5.06. The molecule has 0 saturated heterocycles. The summed E-state index contributed by atoms with van der Waals surface area (Å²) in [7, 11) is 0. The molecule has 0 aromatic heterocycles. The molecule has 1 fully saturated rings. The van der Waals surface area contributed by atoms with Gasteiger partial charge in [0.05, 0.1) is 0 Å².